The molecule has 3 N–H and O–H groups in total. The number of carbonyl (C=O) groups excluding carboxylic acids is 2. The van der Waals surface area contributed by atoms with Gasteiger partial charge in [0, 0.05) is 16.9 Å². The second-order valence-electron chi connectivity index (χ2n) is 11.9. The average Bonchev–Trinajstić information content (AvgIpc) is 3.56. The molecule has 8 unspecified atom stereocenters. The first-order valence-electron chi connectivity index (χ1n) is 14.8. The second kappa shape index (κ2) is 16.7. The highest BCUT2D eigenvalue weighted by atomic mass is 16.8. The smallest absolute Gasteiger partial charge is 0.163 e. The van der Waals surface area contributed by atoms with Crippen molar-refractivity contribution in [1.82, 2.24) is 10.6 Å². The molecule has 4 rings (SSSR count). The standard InChI is InChI=1S/C15H22N4O5.C14H20N4O5/c1-9-7-10(18-19-16)12(17-5-6-20)14(23-9)13(21-4)11-8-22-15(2,3)24-11;1-8-6-9(17-18-15)11(16-4-5-19)13(22-8)12(20)10-7-21-14(2,3)23-10/h5,7,10-14,17H,8H2,1-4H3;4,6,9-13,16,20H,7H2,1-3H3/t10?,11?,12?,13?,14-;9?,10?,11?,12?,13-/m11/s1. The molecule has 0 aromatic carbocycles. The largest absolute Gasteiger partial charge is 0.490 e. The molecule has 0 aliphatic carbocycles. The van der Waals surface area contributed by atoms with E-state index in [0.29, 0.717) is 18.1 Å². The van der Waals surface area contributed by atoms with Gasteiger partial charge in [-0.05, 0) is 64.8 Å². The molecule has 2 saturated heterocycles. The molecule has 0 radical (unpaired) electrons. The molecule has 10 atom stereocenters. The summed E-state index contributed by atoms with van der Waals surface area (Å²) in [5, 5.41) is 23.7. The number of hydrogen-bond donors (Lipinski definition) is 3. The highest BCUT2D eigenvalue weighted by Gasteiger charge is 2.48. The van der Waals surface area contributed by atoms with Crippen LogP contribution < -0.4 is 10.6 Å². The van der Waals surface area contributed by atoms with E-state index in [-0.39, 0.29) is 12.7 Å². The van der Waals surface area contributed by atoms with E-state index in [1.165, 1.54) is 0 Å². The highest BCUT2D eigenvalue weighted by molar-refractivity contribution is 5.44. The van der Waals surface area contributed by atoms with Gasteiger partial charge in [-0.1, -0.05) is 10.2 Å². The maximum absolute atomic E-state index is 10.6. The number of aliphatic hydroxyl groups is 1. The van der Waals surface area contributed by atoms with Crippen molar-refractivity contribution in [1.29, 1.82) is 0 Å². The van der Waals surface area contributed by atoms with Crippen LogP contribution in [0.4, 0.5) is 0 Å². The van der Waals surface area contributed by atoms with Crippen LogP contribution in [0.5, 0.6) is 0 Å². The lowest BCUT2D eigenvalue weighted by atomic mass is 9.92. The van der Waals surface area contributed by atoms with Crippen molar-refractivity contribution in [3.63, 3.8) is 0 Å². The number of rotatable bonds is 11. The number of nitrogens with zero attached hydrogens (tertiary/aromatic N) is 6. The van der Waals surface area contributed by atoms with Gasteiger partial charge in [-0.15, -0.1) is 0 Å². The molecule has 258 valence electrons. The minimum atomic E-state index is -1.05. The minimum Gasteiger partial charge on any atom is -0.490 e. The number of allylic oxidation sites excluding steroid dienone is 2. The number of azide groups is 2. The number of hydrogen-bond acceptors (Lipinski definition) is 14. The van der Waals surface area contributed by atoms with E-state index in [1.807, 2.05) is 13.8 Å². The number of methoxy groups -OCH3 is 1. The van der Waals surface area contributed by atoms with Crippen molar-refractivity contribution < 1.29 is 47.9 Å². The summed E-state index contributed by atoms with van der Waals surface area (Å²) in [7, 11) is 1.55. The predicted molar refractivity (Wildman–Crippen MR) is 164 cm³/mol. The Labute approximate surface area is 271 Å². The molecule has 0 amide bonds. The number of ether oxygens (including phenoxy) is 7. The van der Waals surface area contributed by atoms with Crippen molar-refractivity contribution in [3.8, 4) is 0 Å². The van der Waals surface area contributed by atoms with Gasteiger partial charge in [0.25, 0.3) is 0 Å². The van der Waals surface area contributed by atoms with Crippen LogP contribution in [0.3, 0.4) is 0 Å². The Morgan fingerprint density at radius 3 is 1.74 bits per heavy atom. The fraction of sp³-hybridized carbons (Fsp3) is 0.724. The summed E-state index contributed by atoms with van der Waals surface area (Å²) in [6, 6.07) is -2.33. The zero-order valence-electron chi connectivity index (χ0n) is 27.3. The Balaban J connectivity index is 0.000000256. The molecule has 18 heteroatoms. The summed E-state index contributed by atoms with van der Waals surface area (Å²) in [4.78, 5) is 26.7. The average molecular weight is 663 g/mol. The molecule has 2 fully saturated rings. The van der Waals surface area contributed by atoms with Crippen LogP contribution in [-0.2, 0) is 42.7 Å². The van der Waals surface area contributed by atoms with E-state index >= 15 is 0 Å². The molecular weight excluding hydrogens is 620 g/mol. The Morgan fingerprint density at radius 2 is 1.34 bits per heavy atom. The zero-order chi connectivity index (χ0) is 34.8. The molecule has 4 aliphatic heterocycles. The van der Waals surface area contributed by atoms with Crippen LogP contribution in [0.25, 0.3) is 20.9 Å². The van der Waals surface area contributed by atoms with E-state index in [2.05, 4.69) is 30.7 Å². The minimum absolute atomic E-state index is 0.208. The van der Waals surface area contributed by atoms with Gasteiger partial charge in [-0.2, -0.15) is 0 Å². The molecule has 18 nitrogen and oxygen atoms in total. The molecule has 0 saturated carbocycles. The highest BCUT2D eigenvalue weighted by Crippen LogP contribution is 2.32. The molecule has 0 aromatic rings. The van der Waals surface area contributed by atoms with Gasteiger partial charge in [0.1, 0.15) is 48.5 Å². The van der Waals surface area contributed by atoms with Crippen LogP contribution in [0.1, 0.15) is 41.5 Å². The fourth-order valence-electron chi connectivity index (χ4n) is 5.73. The maximum atomic E-state index is 10.6. The fourth-order valence-corrected chi connectivity index (χ4v) is 5.73. The second-order valence-corrected chi connectivity index (χ2v) is 11.9. The first kappa shape index (κ1) is 37.4. The zero-order valence-corrected chi connectivity index (χ0v) is 27.3. The molecule has 47 heavy (non-hydrogen) atoms. The van der Waals surface area contributed by atoms with E-state index in [4.69, 9.17) is 44.2 Å². The monoisotopic (exact) mass is 662 g/mol. The Kier molecular flexibility index (Phi) is 13.3. The van der Waals surface area contributed by atoms with Crippen molar-refractivity contribution in [2.45, 2.75) is 114 Å². The van der Waals surface area contributed by atoms with Gasteiger partial charge >= 0.3 is 0 Å². The lowest BCUT2D eigenvalue weighted by Crippen LogP contribution is -2.57. The van der Waals surface area contributed by atoms with Gasteiger partial charge in [0.2, 0.25) is 0 Å². The quantitative estimate of drug-likeness (QED) is 0.125. The topological polar surface area (TPSA) is 241 Å². The predicted octanol–water partition coefficient (Wildman–Crippen LogP) is 2.22. The summed E-state index contributed by atoms with van der Waals surface area (Å²) < 4.78 is 39.8. The third kappa shape index (κ3) is 9.97. The van der Waals surface area contributed by atoms with E-state index in [1.54, 1.807) is 58.8 Å². The number of aliphatic hydroxyl groups excluding tert-OH is 1. The van der Waals surface area contributed by atoms with Crippen molar-refractivity contribution in [2.24, 2.45) is 10.2 Å². The number of nitrogens with one attached hydrogen (secondary N) is 2. The van der Waals surface area contributed by atoms with Crippen LogP contribution in [0.2, 0.25) is 0 Å². The van der Waals surface area contributed by atoms with Crippen LogP contribution in [-0.4, -0.2) is 110 Å². The van der Waals surface area contributed by atoms with Gasteiger partial charge in [0.15, 0.2) is 11.6 Å². The molecule has 4 heterocycles. The summed E-state index contributed by atoms with van der Waals surface area (Å²) in [5.41, 5.74) is 17.5. The molecule has 0 aromatic heterocycles. The molecule has 4 aliphatic rings. The van der Waals surface area contributed by atoms with Gasteiger partial charge in [-0.3, -0.25) is 0 Å². The first-order valence-corrected chi connectivity index (χ1v) is 14.8. The summed E-state index contributed by atoms with van der Waals surface area (Å²) in [6.07, 6.45) is 1.64. The summed E-state index contributed by atoms with van der Waals surface area (Å²) in [5.74, 6) is 2.86. The normalized spacial score (nSPS) is 33.0. The first-order chi connectivity index (χ1) is 22.3. The van der Waals surface area contributed by atoms with Gasteiger partial charge in [-0.25, -0.2) is 9.59 Å². The van der Waals surface area contributed by atoms with Crippen LogP contribution >= 0.6 is 0 Å². The van der Waals surface area contributed by atoms with E-state index in [0.717, 1.165) is 12.4 Å². The van der Waals surface area contributed by atoms with Crippen LogP contribution in [0.15, 0.2) is 46.3 Å². The van der Waals surface area contributed by atoms with E-state index in [9.17, 15) is 14.7 Å². The molecular formula is C29H42N8O10. The van der Waals surface area contributed by atoms with Gasteiger partial charge in [0.05, 0.1) is 61.3 Å². The lowest BCUT2D eigenvalue weighted by molar-refractivity contribution is -0.170. The lowest BCUT2D eigenvalue weighted by Gasteiger charge is -2.40. The third-order valence-electron chi connectivity index (χ3n) is 7.68. The molecule has 0 spiro atoms. The SMILES string of the molecule is CC1=CC(N=[N+]=[N-])C(NC=C=O)[C@H](C(O)C2COC(C)(C)O2)O1.COC(C1COC(C)(C)O1)[C@@H]1OC(C)=CC(N=[N+]=[N-])C1NC=C=O. The Morgan fingerprint density at radius 1 is 0.894 bits per heavy atom. The van der Waals surface area contributed by atoms with Gasteiger partial charge < -0.3 is 48.9 Å². The Bertz CT molecular complexity index is 1350. The van der Waals surface area contributed by atoms with Crippen LogP contribution in [0, 0.1) is 0 Å². The van der Waals surface area contributed by atoms with E-state index < -0.39 is 66.3 Å². The van der Waals surface area contributed by atoms with Crippen molar-refractivity contribution >= 4 is 11.9 Å². The van der Waals surface area contributed by atoms with Crippen molar-refractivity contribution in [2.75, 3.05) is 20.3 Å². The molecule has 0 bridgehead atoms. The summed E-state index contributed by atoms with van der Waals surface area (Å²) >= 11 is 0. The summed E-state index contributed by atoms with van der Waals surface area (Å²) in [6.45, 7) is 11.2. The maximum Gasteiger partial charge on any atom is 0.163 e. The Hall–Kier alpha value is -4.04. The third-order valence-corrected chi connectivity index (χ3v) is 7.68. The van der Waals surface area contributed by atoms with Crippen molar-refractivity contribution in [3.05, 3.63) is 57.0 Å².